The number of hydrogen-bond donors (Lipinski definition) is 0. The van der Waals surface area contributed by atoms with Gasteiger partial charge in [0.05, 0.1) is 7.11 Å². The lowest BCUT2D eigenvalue weighted by Crippen LogP contribution is -2.11. The number of hydrogen-bond acceptors (Lipinski definition) is 1. The molecule has 1 atom stereocenters. The van der Waals surface area contributed by atoms with E-state index in [0.29, 0.717) is 5.92 Å². The Morgan fingerprint density at radius 3 is 2.10 bits per heavy atom. The number of halogens is 1. The lowest BCUT2D eigenvalue weighted by atomic mass is 9.90. The number of rotatable bonds is 6. The van der Waals surface area contributed by atoms with Crippen LogP contribution in [0.1, 0.15) is 22.3 Å². The van der Waals surface area contributed by atoms with Crippen LogP contribution in [0.2, 0.25) is 0 Å². The minimum atomic E-state index is 0.609. The second kappa shape index (κ2) is 7.65. The van der Waals surface area contributed by atoms with Crippen molar-refractivity contribution < 1.29 is 4.74 Å². The molecule has 0 heterocycles. The first-order valence-corrected chi connectivity index (χ1v) is 8.50. The molecule has 2 heteroatoms. The van der Waals surface area contributed by atoms with Gasteiger partial charge in [-0.15, -0.1) is 0 Å². The van der Waals surface area contributed by atoms with Crippen molar-refractivity contribution in [3.8, 4) is 5.75 Å². The Balaban J connectivity index is 2.09. The summed E-state index contributed by atoms with van der Waals surface area (Å²) in [5.74, 6) is 1.53. The highest BCUT2D eigenvalue weighted by Gasteiger charge is 2.12. The highest BCUT2D eigenvalue weighted by atomic mass is 79.9. The van der Waals surface area contributed by atoms with E-state index in [1.165, 1.54) is 22.3 Å². The fraction of sp³-hybridized carbons (Fsp3) is 0.368. The van der Waals surface area contributed by atoms with E-state index in [0.717, 1.165) is 23.9 Å². The first kappa shape index (κ1) is 16.1. The molecule has 0 radical (unpaired) electrons. The molecule has 0 spiro atoms. The minimum absolute atomic E-state index is 0.609. The largest absolute Gasteiger partial charge is 0.497 e. The maximum Gasteiger partial charge on any atom is 0.118 e. The van der Waals surface area contributed by atoms with Crippen molar-refractivity contribution in [3.63, 3.8) is 0 Å². The number of alkyl halides is 1. The topological polar surface area (TPSA) is 9.23 Å². The third-order valence-corrected chi connectivity index (χ3v) is 4.95. The molecule has 0 aromatic heterocycles. The molecule has 0 saturated carbocycles. The summed E-state index contributed by atoms with van der Waals surface area (Å²) in [6, 6.07) is 15.0. The Morgan fingerprint density at radius 1 is 0.952 bits per heavy atom. The van der Waals surface area contributed by atoms with Crippen molar-refractivity contribution in [2.24, 2.45) is 5.92 Å². The van der Waals surface area contributed by atoms with Gasteiger partial charge in [0.25, 0.3) is 0 Å². The number of aryl methyl sites for hydroxylation is 2. The quantitative estimate of drug-likeness (QED) is 0.660. The van der Waals surface area contributed by atoms with Crippen LogP contribution in [-0.4, -0.2) is 12.4 Å². The average Bonchev–Trinajstić information content (AvgIpc) is 2.50. The Hall–Kier alpha value is -1.28. The molecule has 1 unspecified atom stereocenters. The van der Waals surface area contributed by atoms with Crippen molar-refractivity contribution >= 4 is 15.9 Å². The zero-order valence-corrected chi connectivity index (χ0v) is 14.6. The van der Waals surface area contributed by atoms with Crippen molar-refractivity contribution in [2.75, 3.05) is 12.4 Å². The summed E-state index contributed by atoms with van der Waals surface area (Å²) in [6.07, 6.45) is 2.21. The number of ether oxygens (including phenoxy) is 1. The molecular weight excluding hydrogens is 324 g/mol. The molecular formula is C19H23BrO. The van der Waals surface area contributed by atoms with Crippen LogP contribution >= 0.6 is 15.9 Å². The molecule has 112 valence electrons. The molecule has 0 aliphatic carbocycles. The van der Waals surface area contributed by atoms with Crippen LogP contribution in [0, 0.1) is 19.8 Å². The van der Waals surface area contributed by atoms with E-state index in [1.807, 2.05) is 12.1 Å². The summed E-state index contributed by atoms with van der Waals surface area (Å²) in [4.78, 5) is 0. The molecule has 2 aromatic rings. The van der Waals surface area contributed by atoms with Gasteiger partial charge in [-0.25, -0.2) is 0 Å². The summed E-state index contributed by atoms with van der Waals surface area (Å²) >= 11 is 3.68. The summed E-state index contributed by atoms with van der Waals surface area (Å²) in [6.45, 7) is 4.42. The third-order valence-electron chi connectivity index (χ3n) is 4.04. The van der Waals surface area contributed by atoms with Crippen LogP contribution in [-0.2, 0) is 12.8 Å². The molecule has 0 bridgehead atoms. The Bertz CT molecular complexity index is 554. The highest BCUT2D eigenvalue weighted by molar-refractivity contribution is 9.09. The van der Waals surface area contributed by atoms with E-state index in [4.69, 9.17) is 4.74 Å². The maximum atomic E-state index is 5.22. The van der Waals surface area contributed by atoms with Crippen LogP contribution in [0.5, 0.6) is 5.75 Å². The molecule has 0 saturated heterocycles. The molecule has 0 fully saturated rings. The van der Waals surface area contributed by atoms with Gasteiger partial charge in [-0.3, -0.25) is 0 Å². The predicted octanol–water partition coefficient (Wildman–Crippen LogP) is 5.11. The summed E-state index contributed by atoms with van der Waals surface area (Å²) in [7, 11) is 1.71. The van der Waals surface area contributed by atoms with E-state index in [9.17, 15) is 0 Å². The van der Waals surface area contributed by atoms with Gasteiger partial charge in [0.2, 0.25) is 0 Å². The van der Waals surface area contributed by atoms with Crippen LogP contribution in [0.3, 0.4) is 0 Å². The van der Waals surface area contributed by atoms with E-state index in [2.05, 4.69) is 60.1 Å². The summed E-state index contributed by atoms with van der Waals surface area (Å²) < 4.78 is 5.22. The molecule has 1 nitrogen and oxygen atoms in total. The van der Waals surface area contributed by atoms with Gasteiger partial charge >= 0.3 is 0 Å². The normalized spacial score (nSPS) is 12.2. The van der Waals surface area contributed by atoms with Gasteiger partial charge in [-0.2, -0.15) is 0 Å². The zero-order valence-electron chi connectivity index (χ0n) is 13.0. The average molecular weight is 347 g/mol. The van der Waals surface area contributed by atoms with E-state index < -0.39 is 0 Å². The van der Waals surface area contributed by atoms with Crippen molar-refractivity contribution in [3.05, 3.63) is 64.7 Å². The smallest absolute Gasteiger partial charge is 0.118 e. The third kappa shape index (κ3) is 4.34. The van der Waals surface area contributed by atoms with Gasteiger partial charge < -0.3 is 4.74 Å². The van der Waals surface area contributed by atoms with E-state index in [1.54, 1.807) is 7.11 Å². The molecule has 0 aliphatic heterocycles. The van der Waals surface area contributed by atoms with E-state index in [-0.39, 0.29) is 0 Å². The number of methoxy groups -OCH3 is 1. The zero-order chi connectivity index (χ0) is 15.2. The monoisotopic (exact) mass is 346 g/mol. The highest BCUT2D eigenvalue weighted by Crippen LogP contribution is 2.22. The second-order valence-electron chi connectivity index (χ2n) is 5.65. The van der Waals surface area contributed by atoms with E-state index >= 15 is 0 Å². The maximum absolute atomic E-state index is 5.22. The molecule has 0 N–H and O–H groups in total. The van der Waals surface area contributed by atoms with Crippen molar-refractivity contribution in [1.82, 2.24) is 0 Å². The van der Waals surface area contributed by atoms with Gasteiger partial charge in [0.1, 0.15) is 5.75 Å². The Labute approximate surface area is 136 Å². The van der Waals surface area contributed by atoms with Gasteiger partial charge in [0, 0.05) is 5.33 Å². The molecule has 0 aliphatic rings. The number of benzene rings is 2. The lowest BCUT2D eigenvalue weighted by molar-refractivity contribution is 0.414. The van der Waals surface area contributed by atoms with Gasteiger partial charge in [-0.05, 0) is 67.0 Å². The Kier molecular flexibility index (Phi) is 5.86. The first-order valence-electron chi connectivity index (χ1n) is 7.38. The molecule has 21 heavy (non-hydrogen) atoms. The van der Waals surface area contributed by atoms with Crippen molar-refractivity contribution in [1.29, 1.82) is 0 Å². The molecule has 0 amide bonds. The predicted molar refractivity (Wildman–Crippen MR) is 93.6 cm³/mol. The molecule has 2 aromatic carbocycles. The van der Waals surface area contributed by atoms with Gasteiger partial charge in [-0.1, -0.05) is 46.3 Å². The fourth-order valence-corrected chi connectivity index (χ4v) is 3.19. The summed E-state index contributed by atoms with van der Waals surface area (Å²) in [5.41, 5.74) is 5.66. The van der Waals surface area contributed by atoms with Gasteiger partial charge in [0.15, 0.2) is 0 Å². The SMILES string of the molecule is COc1ccc(CC(CBr)Cc2c(C)cccc2C)cc1. The second-order valence-corrected chi connectivity index (χ2v) is 6.29. The van der Waals surface area contributed by atoms with Crippen LogP contribution in [0.15, 0.2) is 42.5 Å². The summed E-state index contributed by atoms with van der Waals surface area (Å²) in [5, 5.41) is 1.02. The Morgan fingerprint density at radius 2 is 1.57 bits per heavy atom. The first-order chi connectivity index (χ1) is 10.1. The van der Waals surface area contributed by atoms with Crippen molar-refractivity contribution in [2.45, 2.75) is 26.7 Å². The standard InChI is InChI=1S/C19H23BrO/c1-14-5-4-6-15(2)19(14)12-17(13-20)11-16-7-9-18(21-3)10-8-16/h4-10,17H,11-13H2,1-3H3. The molecule has 2 rings (SSSR count). The lowest BCUT2D eigenvalue weighted by Gasteiger charge is -2.18. The van der Waals surface area contributed by atoms with Crippen LogP contribution in [0.25, 0.3) is 0 Å². The van der Waals surface area contributed by atoms with Crippen LogP contribution in [0.4, 0.5) is 0 Å². The van der Waals surface area contributed by atoms with Crippen LogP contribution < -0.4 is 4.74 Å². The minimum Gasteiger partial charge on any atom is -0.497 e. The fourth-order valence-electron chi connectivity index (χ4n) is 2.74.